The van der Waals surface area contributed by atoms with Crippen LogP contribution >= 0.6 is 0 Å². The number of Topliss-reactive ketones (excluding diaryl/α,β-unsaturated/α-hetero) is 1. The van der Waals surface area contributed by atoms with Crippen molar-refractivity contribution < 1.29 is 22.7 Å². The predicted octanol–water partition coefficient (Wildman–Crippen LogP) is 4.50. The summed E-state index contributed by atoms with van der Waals surface area (Å²) in [4.78, 5) is 12.8. The number of ketones is 1. The molecule has 3 aromatic rings. The average molecular weight is 465 g/mol. The Morgan fingerprint density at radius 2 is 1.58 bits per heavy atom. The van der Waals surface area contributed by atoms with Crippen LogP contribution in [0.4, 0.5) is 11.4 Å². The van der Waals surface area contributed by atoms with Gasteiger partial charge in [0.05, 0.1) is 26.5 Å². The molecule has 4 rings (SSSR count). The minimum Gasteiger partial charge on any atom is -0.497 e. The van der Waals surface area contributed by atoms with E-state index in [0.29, 0.717) is 28.4 Å². The number of benzene rings is 3. The molecule has 0 radical (unpaired) electrons. The molecule has 7 nitrogen and oxygen atoms in total. The van der Waals surface area contributed by atoms with Crippen LogP contribution in [0.15, 0.2) is 77.8 Å². The van der Waals surface area contributed by atoms with Crippen molar-refractivity contribution in [2.24, 2.45) is 0 Å². The smallest absolute Gasteiger partial charge is 0.270 e. The van der Waals surface area contributed by atoms with E-state index in [1.165, 1.54) is 24.7 Å². The van der Waals surface area contributed by atoms with Crippen LogP contribution < -0.4 is 19.1 Å². The Kier molecular flexibility index (Phi) is 6.11. The second-order valence-corrected chi connectivity index (χ2v) is 9.43. The van der Waals surface area contributed by atoms with Gasteiger partial charge < -0.3 is 14.8 Å². The average Bonchev–Trinajstić information content (AvgIpc) is 2.82. The van der Waals surface area contributed by atoms with E-state index >= 15 is 0 Å². The molecular formula is C25H24N2O5S. The highest BCUT2D eigenvalue weighted by Crippen LogP contribution is 2.36. The number of carbonyl (C=O) groups excluding carboxylic acids is 1. The first-order chi connectivity index (χ1) is 15.8. The second kappa shape index (κ2) is 8.99. The summed E-state index contributed by atoms with van der Waals surface area (Å²) in [5.41, 5.74) is 3.11. The standard InChI is InChI=1S/C25H24N2O5S/c1-17-8-10-18(11-9-17)16-27-23-7-5-4-6-22(23)25(28)24(33(27,29)30)15-26-19-12-20(31-2)14-21(13-19)32-3/h4-15,26H,16H2,1-3H3/b24-15+. The van der Waals surface area contributed by atoms with Crippen molar-refractivity contribution in [2.75, 3.05) is 23.8 Å². The Labute approximate surface area is 193 Å². The number of hydrogen-bond acceptors (Lipinski definition) is 6. The highest BCUT2D eigenvalue weighted by Gasteiger charge is 2.40. The molecule has 170 valence electrons. The third-order valence-electron chi connectivity index (χ3n) is 5.38. The number of aryl methyl sites for hydroxylation is 1. The van der Waals surface area contributed by atoms with Gasteiger partial charge >= 0.3 is 0 Å². The van der Waals surface area contributed by atoms with Crippen LogP contribution in [-0.2, 0) is 16.6 Å². The number of nitrogens with zero attached hydrogens (tertiary/aromatic N) is 1. The monoisotopic (exact) mass is 464 g/mol. The van der Waals surface area contributed by atoms with Gasteiger partial charge in [-0.2, -0.15) is 0 Å². The van der Waals surface area contributed by atoms with Crippen molar-refractivity contribution in [1.82, 2.24) is 0 Å². The van der Waals surface area contributed by atoms with Crippen LogP contribution in [0.2, 0.25) is 0 Å². The number of nitrogens with one attached hydrogen (secondary N) is 1. The van der Waals surface area contributed by atoms with Gasteiger partial charge in [0.2, 0.25) is 5.78 Å². The molecule has 0 aromatic heterocycles. The number of rotatable bonds is 6. The third kappa shape index (κ3) is 4.42. The molecule has 0 saturated carbocycles. The Morgan fingerprint density at radius 3 is 2.21 bits per heavy atom. The van der Waals surface area contributed by atoms with Crippen LogP contribution in [-0.4, -0.2) is 28.4 Å². The molecule has 3 aromatic carbocycles. The summed E-state index contributed by atoms with van der Waals surface area (Å²) in [6.07, 6.45) is 1.23. The summed E-state index contributed by atoms with van der Waals surface area (Å²) in [6, 6.07) is 19.4. The molecule has 0 amide bonds. The Hall–Kier alpha value is -3.78. The topological polar surface area (TPSA) is 84.9 Å². The summed E-state index contributed by atoms with van der Waals surface area (Å²) >= 11 is 0. The second-order valence-electron chi connectivity index (χ2n) is 7.60. The van der Waals surface area contributed by atoms with E-state index < -0.39 is 15.8 Å². The highest BCUT2D eigenvalue weighted by atomic mass is 32.2. The van der Waals surface area contributed by atoms with Crippen molar-refractivity contribution in [3.63, 3.8) is 0 Å². The molecule has 0 fully saturated rings. The largest absolute Gasteiger partial charge is 0.497 e. The van der Waals surface area contributed by atoms with Gasteiger partial charge in [0, 0.05) is 35.6 Å². The predicted molar refractivity (Wildman–Crippen MR) is 128 cm³/mol. The zero-order valence-electron chi connectivity index (χ0n) is 18.5. The van der Waals surface area contributed by atoms with Crippen LogP contribution in [0.5, 0.6) is 11.5 Å². The third-order valence-corrected chi connectivity index (χ3v) is 7.14. The molecule has 1 aliphatic heterocycles. The molecule has 0 bridgehead atoms. The molecule has 0 spiro atoms. The van der Waals surface area contributed by atoms with Crippen molar-refractivity contribution >= 4 is 27.2 Å². The number of allylic oxidation sites excluding steroid dienone is 1. The molecule has 8 heteroatoms. The molecular weight excluding hydrogens is 440 g/mol. The normalized spacial score (nSPS) is 15.8. The number of para-hydroxylation sites is 1. The number of methoxy groups -OCH3 is 2. The Morgan fingerprint density at radius 1 is 0.939 bits per heavy atom. The molecule has 0 atom stereocenters. The van der Waals surface area contributed by atoms with Gasteiger partial charge in [-0.25, -0.2) is 8.42 Å². The van der Waals surface area contributed by atoms with Crippen molar-refractivity contribution in [3.05, 3.63) is 94.5 Å². The first-order valence-corrected chi connectivity index (χ1v) is 11.7. The van der Waals surface area contributed by atoms with E-state index in [1.807, 2.05) is 31.2 Å². The SMILES string of the molecule is COc1cc(N/C=C2\C(=O)c3ccccc3N(Cc3ccc(C)cc3)S2(=O)=O)cc(OC)c1. The highest BCUT2D eigenvalue weighted by molar-refractivity contribution is 7.97. The lowest BCUT2D eigenvalue weighted by atomic mass is 10.1. The van der Waals surface area contributed by atoms with Gasteiger partial charge in [0.15, 0.2) is 4.91 Å². The van der Waals surface area contributed by atoms with Crippen LogP contribution in [0.3, 0.4) is 0 Å². The summed E-state index contributed by atoms with van der Waals surface area (Å²) in [7, 11) is -1.08. The lowest BCUT2D eigenvalue weighted by Crippen LogP contribution is -2.39. The number of ether oxygens (including phenoxy) is 2. The maximum atomic E-state index is 13.6. The van der Waals surface area contributed by atoms with E-state index in [-0.39, 0.29) is 11.4 Å². The van der Waals surface area contributed by atoms with E-state index in [1.54, 1.807) is 42.5 Å². The number of carbonyl (C=O) groups is 1. The fourth-order valence-electron chi connectivity index (χ4n) is 3.59. The van der Waals surface area contributed by atoms with E-state index in [0.717, 1.165) is 11.1 Å². The molecule has 0 aliphatic carbocycles. The van der Waals surface area contributed by atoms with Gasteiger partial charge in [-0.1, -0.05) is 42.0 Å². The minimum absolute atomic E-state index is 0.108. The Balaban J connectivity index is 1.76. The fourth-order valence-corrected chi connectivity index (χ4v) is 5.12. The summed E-state index contributed by atoms with van der Waals surface area (Å²) < 4.78 is 38.9. The zero-order chi connectivity index (χ0) is 23.6. The van der Waals surface area contributed by atoms with Crippen LogP contribution in [0, 0.1) is 6.92 Å². The Bertz CT molecular complexity index is 1310. The minimum atomic E-state index is -4.12. The van der Waals surface area contributed by atoms with Gasteiger partial charge in [0.25, 0.3) is 10.0 Å². The van der Waals surface area contributed by atoms with Crippen molar-refractivity contribution in [2.45, 2.75) is 13.5 Å². The zero-order valence-corrected chi connectivity index (χ0v) is 19.3. The summed E-state index contributed by atoms with van der Waals surface area (Å²) in [5.74, 6) is 0.493. The maximum Gasteiger partial charge on any atom is 0.270 e. The van der Waals surface area contributed by atoms with Crippen molar-refractivity contribution in [3.8, 4) is 11.5 Å². The lowest BCUT2D eigenvalue weighted by molar-refractivity contribution is 0.104. The van der Waals surface area contributed by atoms with Gasteiger partial charge in [0.1, 0.15) is 11.5 Å². The van der Waals surface area contributed by atoms with Gasteiger partial charge in [-0.3, -0.25) is 9.10 Å². The molecule has 1 aliphatic rings. The molecule has 0 saturated heterocycles. The van der Waals surface area contributed by atoms with Crippen LogP contribution in [0.25, 0.3) is 0 Å². The van der Waals surface area contributed by atoms with Gasteiger partial charge in [-0.05, 0) is 24.6 Å². The quantitative estimate of drug-likeness (QED) is 0.541. The maximum absolute atomic E-state index is 13.6. The first kappa shape index (κ1) is 22.4. The molecule has 0 unspecified atom stereocenters. The van der Waals surface area contributed by atoms with E-state index in [9.17, 15) is 13.2 Å². The summed E-state index contributed by atoms with van der Waals surface area (Å²) in [6.45, 7) is 2.08. The van der Waals surface area contributed by atoms with E-state index in [4.69, 9.17) is 9.47 Å². The number of fused-ring (bicyclic) bond motifs is 1. The van der Waals surface area contributed by atoms with Crippen LogP contribution in [0.1, 0.15) is 21.5 Å². The number of sulfonamides is 1. The lowest BCUT2D eigenvalue weighted by Gasteiger charge is -2.31. The molecule has 1 heterocycles. The summed E-state index contributed by atoms with van der Waals surface area (Å²) in [5, 5.41) is 2.92. The van der Waals surface area contributed by atoms with E-state index in [2.05, 4.69) is 5.32 Å². The molecule has 1 N–H and O–H groups in total. The van der Waals surface area contributed by atoms with Crippen molar-refractivity contribution in [1.29, 1.82) is 0 Å². The number of hydrogen-bond donors (Lipinski definition) is 1. The first-order valence-electron chi connectivity index (χ1n) is 10.3. The van der Waals surface area contributed by atoms with Gasteiger partial charge in [-0.15, -0.1) is 0 Å². The number of anilines is 2. The fraction of sp³-hybridized carbons (Fsp3) is 0.160. The molecule has 33 heavy (non-hydrogen) atoms.